The van der Waals surface area contributed by atoms with Gasteiger partial charge in [-0.25, -0.2) is 0 Å². The van der Waals surface area contributed by atoms with E-state index in [-0.39, 0.29) is 13.2 Å². The first kappa shape index (κ1) is 40.5. The lowest BCUT2D eigenvalue weighted by Crippen LogP contribution is -2.44. The lowest BCUT2D eigenvalue weighted by molar-refractivity contribution is -0.144. The standard InChI is InChI=1S/C46H53ClN4O6/c1-31-36(8-5-9-39(31)40-10-6-12-43(32(40)2)55-18-7-15-50-17-13-37-29-54-19-14-35(37)26-50)30-57-45-22-44(56-28-34-20-33(23-48)24-49-25-34)38(21-41(45)47)27-51-16-4-3-11-42(51)46(52)53/h5-6,8-10,12,20-22,24-25,35,37,42H,3-4,7,11,13-19,26-30H2,1-2H3,(H,52,53)/t35?,37?,42-/m0/s1. The second-order valence-electron chi connectivity index (χ2n) is 15.7. The lowest BCUT2D eigenvalue weighted by atomic mass is 9.82. The fraction of sp³-hybridized carbons (Fsp3) is 0.457. The molecular formula is C46H53ClN4O6. The predicted molar refractivity (Wildman–Crippen MR) is 220 cm³/mol. The van der Waals surface area contributed by atoms with Gasteiger partial charge < -0.3 is 29.0 Å². The third-order valence-corrected chi connectivity index (χ3v) is 12.2. The van der Waals surface area contributed by atoms with Crippen molar-refractivity contribution in [3.8, 4) is 34.4 Å². The first-order chi connectivity index (χ1) is 27.8. The van der Waals surface area contributed by atoms with Crippen LogP contribution in [0.2, 0.25) is 5.02 Å². The number of ether oxygens (including phenoxy) is 4. The molecule has 3 aromatic carbocycles. The number of carbonyl (C=O) groups is 1. The summed E-state index contributed by atoms with van der Waals surface area (Å²) in [7, 11) is 0. The molecule has 10 nitrogen and oxygen atoms in total. The molecule has 1 N–H and O–H groups in total. The monoisotopic (exact) mass is 792 g/mol. The third kappa shape index (κ3) is 10.1. The van der Waals surface area contributed by atoms with Gasteiger partial charge in [-0.1, -0.05) is 48.4 Å². The van der Waals surface area contributed by atoms with Crippen LogP contribution in [-0.2, 0) is 29.3 Å². The molecule has 3 aliphatic heterocycles. The molecule has 4 aromatic rings. The highest BCUT2D eigenvalue weighted by Crippen LogP contribution is 2.38. The number of nitrogens with zero attached hydrogens (tertiary/aromatic N) is 4. The summed E-state index contributed by atoms with van der Waals surface area (Å²) in [6.07, 6.45) is 8.98. The molecule has 0 amide bonds. The van der Waals surface area contributed by atoms with Crippen molar-refractivity contribution in [2.75, 3.05) is 46.0 Å². The van der Waals surface area contributed by atoms with Crippen LogP contribution < -0.4 is 14.2 Å². The number of hydrogen-bond donors (Lipinski definition) is 1. The summed E-state index contributed by atoms with van der Waals surface area (Å²) < 4.78 is 24.8. The maximum absolute atomic E-state index is 12.1. The number of benzene rings is 3. The number of piperidine rings is 2. The van der Waals surface area contributed by atoms with Crippen LogP contribution >= 0.6 is 11.6 Å². The van der Waals surface area contributed by atoms with Gasteiger partial charge in [-0.05, 0) is 117 Å². The molecule has 7 rings (SSSR count). The average molecular weight is 793 g/mol. The Morgan fingerprint density at radius 1 is 0.912 bits per heavy atom. The van der Waals surface area contributed by atoms with Crippen molar-refractivity contribution < 1.29 is 28.8 Å². The number of pyridine rings is 1. The second kappa shape index (κ2) is 19.2. The van der Waals surface area contributed by atoms with Crippen LogP contribution in [0.4, 0.5) is 0 Å². The van der Waals surface area contributed by atoms with Gasteiger partial charge in [-0.15, -0.1) is 0 Å². The molecule has 11 heteroatoms. The Hall–Kier alpha value is -4.66. The summed E-state index contributed by atoms with van der Waals surface area (Å²) in [5.74, 6) is 2.58. The predicted octanol–water partition coefficient (Wildman–Crippen LogP) is 8.61. The molecule has 1 aromatic heterocycles. The van der Waals surface area contributed by atoms with Crippen molar-refractivity contribution in [3.05, 3.63) is 105 Å². The molecule has 2 unspecified atom stereocenters. The topological polar surface area (TPSA) is 117 Å². The van der Waals surface area contributed by atoms with E-state index < -0.39 is 12.0 Å². The lowest BCUT2D eigenvalue weighted by Gasteiger charge is -2.41. The molecule has 0 saturated carbocycles. The molecule has 4 heterocycles. The molecule has 0 aliphatic carbocycles. The van der Waals surface area contributed by atoms with Gasteiger partial charge in [-0.3, -0.25) is 14.7 Å². The summed E-state index contributed by atoms with van der Waals surface area (Å²) in [6.45, 7) is 11.6. The average Bonchev–Trinajstić information content (AvgIpc) is 3.23. The normalized spacial score (nSPS) is 20.0. The molecule has 3 atom stereocenters. The van der Waals surface area contributed by atoms with Gasteiger partial charge >= 0.3 is 5.97 Å². The van der Waals surface area contributed by atoms with Crippen LogP contribution in [0, 0.1) is 37.0 Å². The van der Waals surface area contributed by atoms with Crippen LogP contribution in [-0.4, -0.2) is 77.9 Å². The first-order valence-corrected chi connectivity index (χ1v) is 20.7. The van der Waals surface area contributed by atoms with Crippen molar-refractivity contribution >= 4 is 17.6 Å². The van der Waals surface area contributed by atoms with E-state index in [2.05, 4.69) is 66.2 Å². The third-order valence-electron chi connectivity index (χ3n) is 11.9. The fourth-order valence-electron chi connectivity index (χ4n) is 8.61. The maximum Gasteiger partial charge on any atom is 0.320 e. The molecule has 3 fully saturated rings. The van der Waals surface area contributed by atoms with Crippen LogP contribution in [0.15, 0.2) is 67.0 Å². The SMILES string of the molecule is Cc1c(COc2cc(OCc3cncc(C#N)c3)c(CN3CCCC[C@H]3C(=O)O)cc2Cl)cccc1-c1cccc(OCCCN2CCC3COCCC3C2)c1C. The summed E-state index contributed by atoms with van der Waals surface area (Å²) in [5, 5.41) is 19.7. The highest BCUT2D eigenvalue weighted by Gasteiger charge is 2.32. The molecule has 3 aliphatic rings. The zero-order valence-corrected chi connectivity index (χ0v) is 33.8. The molecule has 3 saturated heterocycles. The number of aliphatic carboxylic acids is 1. The fourth-order valence-corrected chi connectivity index (χ4v) is 8.85. The number of likely N-dealkylation sites (tertiary alicyclic amines) is 2. The van der Waals surface area contributed by atoms with Gasteiger partial charge in [-0.2, -0.15) is 5.26 Å². The number of fused-ring (bicyclic) bond motifs is 1. The molecule has 0 radical (unpaired) electrons. The van der Waals surface area contributed by atoms with Gasteiger partial charge in [0, 0.05) is 62.4 Å². The molecular weight excluding hydrogens is 740 g/mol. The van der Waals surface area contributed by atoms with Crippen molar-refractivity contribution in [3.63, 3.8) is 0 Å². The Morgan fingerprint density at radius 2 is 1.74 bits per heavy atom. The number of carboxylic acid groups (broad SMARTS) is 1. The van der Waals surface area contributed by atoms with Crippen LogP contribution in [0.5, 0.6) is 17.2 Å². The zero-order chi connectivity index (χ0) is 39.7. The minimum atomic E-state index is -0.827. The van der Waals surface area contributed by atoms with Gasteiger partial charge in [0.2, 0.25) is 0 Å². The highest BCUT2D eigenvalue weighted by atomic mass is 35.5. The van der Waals surface area contributed by atoms with Crippen LogP contribution in [0.25, 0.3) is 11.1 Å². The molecule has 0 spiro atoms. The van der Waals surface area contributed by atoms with E-state index in [9.17, 15) is 15.2 Å². The number of nitriles is 1. The van der Waals surface area contributed by atoms with E-state index in [0.29, 0.717) is 48.2 Å². The number of carboxylic acids is 1. The number of halogens is 1. The van der Waals surface area contributed by atoms with Gasteiger partial charge in [0.05, 0.1) is 17.2 Å². The Kier molecular flexibility index (Phi) is 13.6. The van der Waals surface area contributed by atoms with Gasteiger partial charge in [0.1, 0.15) is 42.6 Å². The molecule has 57 heavy (non-hydrogen) atoms. The molecule has 300 valence electrons. The summed E-state index contributed by atoms with van der Waals surface area (Å²) in [6, 6.07) is 19.4. The van der Waals surface area contributed by atoms with Gasteiger partial charge in [0.15, 0.2) is 0 Å². The minimum absolute atomic E-state index is 0.164. The minimum Gasteiger partial charge on any atom is -0.493 e. The summed E-state index contributed by atoms with van der Waals surface area (Å²) in [5.41, 5.74) is 7.42. The highest BCUT2D eigenvalue weighted by molar-refractivity contribution is 6.32. The number of aromatic nitrogens is 1. The maximum atomic E-state index is 12.1. The summed E-state index contributed by atoms with van der Waals surface area (Å²) >= 11 is 6.89. The Labute approximate surface area is 341 Å². The Morgan fingerprint density at radius 3 is 2.58 bits per heavy atom. The largest absolute Gasteiger partial charge is 0.493 e. The second-order valence-corrected chi connectivity index (χ2v) is 16.1. The van der Waals surface area contributed by atoms with E-state index in [0.717, 1.165) is 102 Å². The Bertz CT molecular complexity index is 2070. The van der Waals surface area contributed by atoms with E-state index in [1.54, 1.807) is 18.3 Å². The first-order valence-electron chi connectivity index (χ1n) is 20.3. The summed E-state index contributed by atoms with van der Waals surface area (Å²) in [4.78, 5) is 20.8. The van der Waals surface area contributed by atoms with Gasteiger partial charge in [0.25, 0.3) is 0 Å². The van der Waals surface area contributed by atoms with Crippen molar-refractivity contribution in [1.82, 2.24) is 14.8 Å². The Balaban J connectivity index is 1.03. The van der Waals surface area contributed by atoms with E-state index in [1.165, 1.54) is 25.6 Å². The van der Waals surface area contributed by atoms with Crippen molar-refractivity contribution in [1.29, 1.82) is 5.26 Å². The van der Waals surface area contributed by atoms with E-state index in [4.69, 9.17) is 30.5 Å². The van der Waals surface area contributed by atoms with Crippen LogP contribution in [0.3, 0.4) is 0 Å². The van der Waals surface area contributed by atoms with Crippen molar-refractivity contribution in [2.24, 2.45) is 11.8 Å². The zero-order valence-electron chi connectivity index (χ0n) is 33.1. The molecule has 0 bridgehead atoms. The van der Waals surface area contributed by atoms with E-state index in [1.807, 2.05) is 11.0 Å². The van der Waals surface area contributed by atoms with E-state index >= 15 is 0 Å². The number of hydrogen-bond acceptors (Lipinski definition) is 9. The quantitative estimate of drug-likeness (QED) is 0.117. The van der Waals surface area contributed by atoms with Crippen molar-refractivity contribution in [2.45, 2.75) is 78.2 Å². The smallest absolute Gasteiger partial charge is 0.320 e. The van der Waals surface area contributed by atoms with Crippen LogP contribution in [0.1, 0.15) is 71.9 Å². The number of rotatable bonds is 15.